The normalized spacial score (nSPS) is 13.2. The van der Waals surface area contributed by atoms with Crippen molar-refractivity contribution in [3.63, 3.8) is 0 Å². The highest BCUT2D eigenvalue weighted by Crippen LogP contribution is 2.39. The van der Waals surface area contributed by atoms with Crippen LogP contribution in [0.4, 0.5) is 11.4 Å². The fourth-order valence-electron chi connectivity index (χ4n) is 3.31. The van der Waals surface area contributed by atoms with E-state index in [1.807, 2.05) is 0 Å². The Labute approximate surface area is 159 Å². The second kappa shape index (κ2) is 5.96. The van der Waals surface area contributed by atoms with Crippen molar-refractivity contribution < 1.29 is 28.2 Å². The molecule has 0 unspecified atom stereocenters. The molecular weight excluding hydrogens is 384 g/mol. The number of amides is 1. The summed E-state index contributed by atoms with van der Waals surface area (Å²) in [5.41, 5.74) is 0.440. The lowest BCUT2D eigenvalue weighted by molar-refractivity contribution is -0.268. The van der Waals surface area contributed by atoms with Gasteiger partial charge in [-0.1, -0.05) is 23.9 Å². The Morgan fingerprint density at radius 2 is 1.89 bits per heavy atom. The zero-order chi connectivity index (χ0) is 20.2. The Bertz CT molecular complexity index is 1280. The van der Waals surface area contributed by atoms with Crippen LogP contribution in [0.2, 0.25) is 0 Å². The molecule has 1 amide bonds. The van der Waals surface area contributed by atoms with Gasteiger partial charge in [0.25, 0.3) is 15.9 Å². The number of sulfonamides is 1. The molecule has 0 bridgehead atoms. The lowest BCUT2D eigenvalue weighted by Crippen LogP contribution is -2.20. The first-order valence-electron chi connectivity index (χ1n) is 8.11. The Kier molecular flexibility index (Phi) is 3.79. The summed E-state index contributed by atoms with van der Waals surface area (Å²) in [5, 5.41) is 21.5. The van der Waals surface area contributed by atoms with E-state index < -0.39 is 27.3 Å². The number of carboxylic acids is 1. The molecule has 142 valence electrons. The fourth-order valence-corrected chi connectivity index (χ4v) is 4.57. The van der Waals surface area contributed by atoms with Gasteiger partial charge in [0.1, 0.15) is 0 Å². The minimum Gasteiger partial charge on any atom is -0.872 e. The van der Waals surface area contributed by atoms with Crippen LogP contribution < -0.4 is 14.7 Å². The van der Waals surface area contributed by atoms with Gasteiger partial charge in [0.2, 0.25) is 0 Å². The first-order valence-corrected chi connectivity index (χ1v) is 9.60. The summed E-state index contributed by atoms with van der Waals surface area (Å²) >= 11 is 0. The number of anilines is 2. The maximum atomic E-state index is 13.0. The van der Waals surface area contributed by atoms with Crippen molar-refractivity contribution in [3.8, 4) is 5.75 Å². The third-order valence-electron chi connectivity index (χ3n) is 4.63. The van der Waals surface area contributed by atoms with Gasteiger partial charge in [0.15, 0.2) is 0 Å². The summed E-state index contributed by atoms with van der Waals surface area (Å²) < 4.78 is 28.2. The number of rotatable bonds is 4. The summed E-state index contributed by atoms with van der Waals surface area (Å²) in [6.07, 6.45) is 0. The van der Waals surface area contributed by atoms with Crippen LogP contribution >= 0.6 is 0 Å². The van der Waals surface area contributed by atoms with E-state index in [0.717, 1.165) is 12.1 Å². The topological polar surface area (TPSA) is 127 Å². The average molecular weight is 397 g/mol. The van der Waals surface area contributed by atoms with Crippen LogP contribution in [0.15, 0.2) is 53.4 Å². The van der Waals surface area contributed by atoms with Gasteiger partial charge in [0.05, 0.1) is 16.1 Å². The molecule has 1 heterocycles. The molecule has 0 fully saturated rings. The van der Waals surface area contributed by atoms with Crippen molar-refractivity contribution in [1.29, 1.82) is 0 Å². The molecule has 1 aliphatic heterocycles. The standard InChI is InChI=1S/C19H14N2O6S/c1-21-14-6-8-16(11-3-2-4-12(17(11)14)18(21)23)28(26,27)20-10-5-7-15(22)13(9-10)19(24)25/h2-9,20,22H,1H3,(H,24,25)/p-1. The molecule has 8 nitrogen and oxygen atoms in total. The number of benzene rings is 3. The zero-order valence-electron chi connectivity index (χ0n) is 14.5. The van der Waals surface area contributed by atoms with Crippen molar-refractivity contribution in [2.75, 3.05) is 16.7 Å². The van der Waals surface area contributed by atoms with Gasteiger partial charge in [-0.3, -0.25) is 9.52 Å². The number of carbonyl (C=O) groups excluding carboxylic acids is 1. The van der Waals surface area contributed by atoms with Gasteiger partial charge in [-0.25, -0.2) is 13.2 Å². The Hall–Kier alpha value is -3.59. The van der Waals surface area contributed by atoms with Crippen molar-refractivity contribution in [2.45, 2.75) is 4.90 Å². The van der Waals surface area contributed by atoms with E-state index in [9.17, 15) is 23.1 Å². The van der Waals surface area contributed by atoms with Crippen molar-refractivity contribution in [3.05, 3.63) is 59.7 Å². The van der Waals surface area contributed by atoms with Gasteiger partial charge in [-0.05, 0) is 30.3 Å². The quantitative estimate of drug-likeness (QED) is 0.693. The lowest BCUT2D eigenvalue weighted by Gasteiger charge is -2.15. The number of nitrogens with zero attached hydrogens (tertiary/aromatic N) is 1. The van der Waals surface area contributed by atoms with Crippen molar-refractivity contribution in [1.82, 2.24) is 0 Å². The number of aromatic carboxylic acids is 1. The molecule has 0 atom stereocenters. The highest BCUT2D eigenvalue weighted by atomic mass is 32.2. The molecule has 28 heavy (non-hydrogen) atoms. The maximum Gasteiger partial charge on any atom is 0.335 e. The van der Waals surface area contributed by atoms with Crippen LogP contribution in [0.3, 0.4) is 0 Å². The van der Waals surface area contributed by atoms with Crippen LogP contribution in [0.25, 0.3) is 10.8 Å². The summed E-state index contributed by atoms with van der Waals surface area (Å²) in [4.78, 5) is 24.8. The predicted molar refractivity (Wildman–Crippen MR) is 100 cm³/mol. The van der Waals surface area contributed by atoms with E-state index >= 15 is 0 Å². The highest BCUT2D eigenvalue weighted by Gasteiger charge is 2.30. The average Bonchev–Trinajstić information content (AvgIpc) is 2.90. The molecule has 1 aliphatic rings. The molecule has 0 saturated heterocycles. The summed E-state index contributed by atoms with van der Waals surface area (Å²) in [7, 11) is -2.50. The summed E-state index contributed by atoms with van der Waals surface area (Å²) in [6.45, 7) is 0. The fraction of sp³-hybridized carbons (Fsp3) is 0.0526. The number of carbonyl (C=O) groups is 2. The Morgan fingerprint density at radius 1 is 1.14 bits per heavy atom. The molecule has 9 heteroatoms. The van der Waals surface area contributed by atoms with E-state index in [0.29, 0.717) is 22.0 Å². The van der Waals surface area contributed by atoms with Gasteiger partial charge in [0, 0.05) is 29.1 Å². The number of nitrogens with one attached hydrogen (secondary N) is 1. The summed E-state index contributed by atoms with van der Waals surface area (Å²) in [5.74, 6) is -2.39. The highest BCUT2D eigenvalue weighted by molar-refractivity contribution is 7.93. The summed E-state index contributed by atoms with van der Waals surface area (Å²) in [6, 6.07) is 10.9. The minimum absolute atomic E-state index is 0.0477. The van der Waals surface area contributed by atoms with Gasteiger partial charge >= 0.3 is 5.97 Å². The number of hydrogen-bond acceptors (Lipinski definition) is 5. The Morgan fingerprint density at radius 3 is 2.61 bits per heavy atom. The first-order chi connectivity index (χ1) is 13.2. The van der Waals surface area contributed by atoms with Crippen LogP contribution in [0.1, 0.15) is 20.7 Å². The number of hydrogen-bond donors (Lipinski definition) is 2. The minimum atomic E-state index is -4.11. The third-order valence-corrected chi connectivity index (χ3v) is 6.07. The van der Waals surface area contributed by atoms with Crippen molar-refractivity contribution >= 4 is 44.0 Å². The second-order valence-corrected chi connectivity index (χ2v) is 7.95. The van der Waals surface area contributed by atoms with E-state index in [1.165, 1.54) is 17.0 Å². The van der Waals surface area contributed by atoms with Gasteiger partial charge in [-0.2, -0.15) is 0 Å². The molecule has 0 saturated carbocycles. The largest absolute Gasteiger partial charge is 0.872 e. The maximum absolute atomic E-state index is 13.0. The van der Waals surface area contributed by atoms with E-state index in [4.69, 9.17) is 5.11 Å². The second-order valence-electron chi connectivity index (χ2n) is 6.30. The molecule has 3 aromatic carbocycles. The SMILES string of the molecule is CN1C(=O)c2cccc3c(S(=O)(=O)Nc4ccc([O-])c(C(=O)O)c4)ccc1c23. The first kappa shape index (κ1) is 17.8. The van der Waals surface area contributed by atoms with Crippen LogP contribution in [-0.2, 0) is 10.0 Å². The predicted octanol–water partition coefficient (Wildman–Crippen LogP) is 2.00. The van der Waals surface area contributed by atoms with E-state index in [1.54, 1.807) is 31.3 Å². The van der Waals surface area contributed by atoms with Crippen LogP contribution in [-0.4, -0.2) is 32.4 Å². The smallest absolute Gasteiger partial charge is 0.335 e. The van der Waals surface area contributed by atoms with E-state index in [2.05, 4.69) is 4.72 Å². The van der Waals surface area contributed by atoms with Crippen molar-refractivity contribution in [2.24, 2.45) is 0 Å². The third kappa shape index (κ3) is 2.55. The molecule has 0 aliphatic carbocycles. The van der Waals surface area contributed by atoms with E-state index in [-0.39, 0.29) is 16.5 Å². The van der Waals surface area contributed by atoms with Gasteiger partial charge in [-0.15, -0.1) is 0 Å². The molecule has 2 N–H and O–H groups in total. The zero-order valence-corrected chi connectivity index (χ0v) is 15.3. The lowest BCUT2D eigenvalue weighted by atomic mass is 10.1. The molecule has 4 rings (SSSR count). The number of carboxylic acid groups (broad SMARTS) is 1. The molecule has 0 aromatic heterocycles. The van der Waals surface area contributed by atoms with Crippen LogP contribution in [0.5, 0.6) is 5.75 Å². The monoisotopic (exact) mass is 397 g/mol. The molecule has 0 radical (unpaired) electrons. The van der Waals surface area contributed by atoms with Crippen LogP contribution in [0, 0.1) is 0 Å². The molecule has 3 aromatic rings. The van der Waals surface area contributed by atoms with Gasteiger partial charge < -0.3 is 15.1 Å². The Balaban J connectivity index is 1.84. The molecule has 0 spiro atoms. The molecular formula is C19H13N2O6S-.